The van der Waals surface area contributed by atoms with Gasteiger partial charge in [-0.2, -0.15) is 0 Å². The summed E-state index contributed by atoms with van der Waals surface area (Å²) in [6, 6.07) is 3.69. The number of hydrogen-bond acceptors (Lipinski definition) is 4. The molecule has 0 saturated heterocycles. The first-order chi connectivity index (χ1) is 8.24. The quantitative estimate of drug-likeness (QED) is 0.715. The van der Waals surface area contributed by atoms with Crippen LogP contribution >= 0.6 is 0 Å². The van der Waals surface area contributed by atoms with Gasteiger partial charge in [-0.05, 0) is 31.5 Å². The lowest BCUT2D eigenvalue weighted by Gasteiger charge is -2.25. The molecule has 1 rings (SSSR count). The predicted octanol–water partition coefficient (Wildman–Crippen LogP) is 0.156. The van der Waals surface area contributed by atoms with E-state index in [1.54, 1.807) is 6.92 Å². The molecule has 102 valence electrons. The molecule has 0 spiro atoms. The van der Waals surface area contributed by atoms with E-state index in [1.807, 2.05) is 0 Å². The van der Waals surface area contributed by atoms with E-state index in [0.717, 1.165) is 6.07 Å². The molecule has 0 atom stereocenters. The number of nitrogens with one attached hydrogen (secondary N) is 1. The molecular weight excluding hydrogens is 261 g/mol. The first kappa shape index (κ1) is 15.0. The Kier molecular flexibility index (Phi) is 4.44. The van der Waals surface area contributed by atoms with Gasteiger partial charge in [0, 0.05) is 0 Å². The van der Waals surface area contributed by atoms with E-state index in [0.29, 0.717) is 5.56 Å². The second-order valence-electron chi connectivity index (χ2n) is 4.42. The molecule has 18 heavy (non-hydrogen) atoms. The number of aryl methyl sites for hydroxylation is 1. The second-order valence-corrected chi connectivity index (χ2v) is 6.07. The molecule has 1 aromatic carbocycles. The van der Waals surface area contributed by atoms with Gasteiger partial charge in [0.2, 0.25) is 10.0 Å². The molecule has 0 aliphatic carbocycles. The number of rotatable bonds is 5. The molecule has 5 nitrogen and oxygen atoms in total. The summed E-state index contributed by atoms with van der Waals surface area (Å²) in [5.74, 6) is -0.883. The van der Waals surface area contributed by atoms with E-state index in [9.17, 15) is 12.8 Å². The minimum absolute atomic E-state index is 0.504. The molecule has 1 aromatic rings. The van der Waals surface area contributed by atoms with Crippen molar-refractivity contribution in [2.24, 2.45) is 0 Å². The van der Waals surface area contributed by atoms with Crippen LogP contribution in [-0.4, -0.2) is 37.4 Å². The summed E-state index contributed by atoms with van der Waals surface area (Å²) in [4.78, 5) is -0.504. The average Bonchev–Trinajstić information content (AvgIpc) is 2.31. The van der Waals surface area contributed by atoms with Crippen LogP contribution in [0.3, 0.4) is 0 Å². The fourth-order valence-electron chi connectivity index (χ4n) is 1.31. The van der Waals surface area contributed by atoms with Crippen LogP contribution in [0.1, 0.15) is 12.5 Å². The van der Waals surface area contributed by atoms with Crippen molar-refractivity contribution in [1.82, 2.24) is 4.72 Å². The van der Waals surface area contributed by atoms with Crippen LogP contribution in [-0.2, 0) is 10.0 Å². The lowest BCUT2D eigenvalue weighted by molar-refractivity contribution is 0.121. The molecule has 0 amide bonds. The first-order valence-corrected chi connectivity index (χ1v) is 6.74. The molecule has 0 bridgehead atoms. The maximum absolute atomic E-state index is 13.5. The van der Waals surface area contributed by atoms with Gasteiger partial charge in [0.15, 0.2) is 0 Å². The van der Waals surface area contributed by atoms with Gasteiger partial charge in [0.05, 0.1) is 18.8 Å². The van der Waals surface area contributed by atoms with Gasteiger partial charge in [0.1, 0.15) is 10.7 Å². The molecule has 0 heterocycles. The number of halogens is 1. The number of hydrogen-bond donors (Lipinski definition) is 3. The zero-order valence-electron chi connectivity index (χ0n) is 10.1. The number of sulfonamides is 1. The van der Waals surface area contributed by atoms with E-state index < -0.39 is 39.5 Å². The minimum Gasteiger partial charge on any atom is -0.394 e. The molecule has 0 aliphatic rings. The van der Waals surface area contributed by atoms with Gasteiger partial charge in [-0.15, -0.1) is 0 Å². The standard InChI is InChI=1S/C11H16FNO4S/c1-8-3-4-9(12)10(5-8)18(16,17)13-11(2,6-14)7-15/h3-5,13-15H,6-7H2,1-2H3. The Hall–Kier alpha value is -1.02. The van der Waals surface area contributed by atoms with Gasteiger partial charge in [-0.3, -0.25) is 0 Å². The number of aliphatic hydroxyl groups excluding tert-OH is 2. The zero-order valence-corrected chi connectivity index (χ0v) is 11.0. The van der Waals surface area contributed by atoms with Crippen LogP contribution in [0.2, 0.25) is 0 Å². The zero-order chi connectivity index (χ0) is 14.0. The van der Waals surface area contributed by atoms with Gasteiger partial charge in [-0.25, -0.2) is 17.5 Å². The normalized spacial score (nSPS) is 12.7. The summed E-state index contributed by atoms with van der Waals surface area (Å²) < 4.78 is 39.5. The van der Waals surface area contributed by atoms with Crippen molar-refractivity contribution in [2.75, 3.05) is 13.2 Å². The van der Waals surface area contributed by atoms with Gasteiger partial charge < -0.3 is 10.2 Å². The summed E-state index contributed by atoms with van der Waals surface area (Å²) in [6.07, 6.45) is 0. The Balaban J connectivity index is 3.18. The van der Waals surface area contributed by atoms with Crippen LogP contribution in [0, 0.1) is 12.7 Å². The molecule has 3 N–H and O–H groups in total. The Morgan fingerprint density at radius 3 is 2.39 bits per heavy atom. The maximum atomic E-state index is 13.5. The molecule has 0 aliphatic heterocycles. The van der Waals surface area contributed by atoms with Crippen molar-refractivity contribution in [1.29, 1.82) is 0 Å². The lowest BCUT2D eigenvalue weighted by Crippen LogP contribution is -2.51. The minimum atomic E-state index is -4.14. The summed E-state index contributed by atoms with van der Waals surface area (Å²) in [5.41, 5.74) is -0.846. The molecular formula is C11H16FNO4S. The lowest BCUT2D eigenvalue weighted by atomic mass is 10.1. The fraction of sp³-hybridized carbons (Fsp3) is 0.455. The van der Waals surface area contributed by atoms with Crippen molar-refractivity contribution >= 4 is 10.0 Å². The highest BCUT2D eigenvalue weighted by molar-refractivity contribution is 7.89. The van der Waals surface area contributed by atoms with Crippen LogP contribution in [0.25, 0.3) is 0 Å². The van der Waals surface area contributed by atoms with Crippen molar-refractivity contribution in [2.45, 2.75) is 24.3 Å². The third-order valence-corrected chi connectivity index (χ3v) is 4.11. The van der Waals surface area contributed by atoms with Gasteiger partial charge in [0.25, 0.3) is 0 Å². The Morgan fingerprint density at radius 1 is 1.33 bits per heavy atom. The largest absolute Gasteiger partial charge is 0.394 e. The van der Waals surface area contributed by atoms with Crippen LogP contribution in [0.4, 0.5) is 4.39 Å². The summed E-state index contributed by atoms with van der Waals surface area (Å²) >= 11 is 0. The van der Waals surface area contributed by atoms with E-state index in [2.05, 4.69) is 4.72 Å². The molecule has 0 saturated carbocycles. The maximum Gasteiger partial charge on any atom is 0.244 e. The average molecular weight is 277 g/mol. The Labute approximate surface area is 105 Å². The third-order valence-electron chi connectivity index (χ3n) is 2.45. The Morgan fingerprint density at radius 2 is 1.89 bits per heavy atom. The molecule has 0 fully saturated rings. The highest BCUT2D eigenvalue weighted by Gasteiger charge is 2.31. The molecule has 0 radical (unpaired) electrons. The van der Waals surface area contributed by atoms with E-state index in [-0.39, 0.29) is 0 Å². The predicted molar refractivity (Wildman–Crippen MR) is 64.0 cm³/mol. The van der Waals surface area contributed by atoms with Crippen molar-refractivity contribution < 1.29 is 23.0 Å². The van der Waals surface area contributed by atoms with E-state index in [1.165, 1.54) is 19.1 Å². The molecule has 7 heteroatoms. The number of benzene rings is 1. The monoisotopic (exact) mass is 277 g/mol. The smallest absolute Gasteiger partial charge is 0.244 e. The number of aliphatic hydroxyl groups is 2. The second kappa shape index (κ2) is 5.31. The van der Waals surface area contributed by atoms with Gasteiger partial charge >= 0.3 is 0 Å². The Bertz CT molecular complexity index is 526. The topological polar surface area (TPSA) is 86.6 Å². The summed E-state index contributed by atoms with van der Waals surface area (Å²) in [5, 5.41) is 18.1. The van der Waals surface area contributed by atoms with Crippen LogP contribution in [0.15, 0.2) is 23.1 Å². The summed E-state index contributed by atoms with van der Waals surface area (Å²) in [6.45, 7) is 1.75. The van der Waals surface area contributed by atoms with Crippen molar-refractivity contribution in [3.63, 3.8) is 0 Å². The van der Waals surface area contributed by atoms with E-state index in [4.69, 9.17) is 10.2 Å². The summed E-state index contributed by atoms with van der Waals surface area (Å²) in [7, 11) is -4.14. The van der Waals surface area contributed by atoms with Crippen LogP contribution < -0.4 is 4.72 Å². The molecule has 0 unspecified atom stereocenters. The SMILES string of the molecule is Cc1ccc(F)c(S(=O)(=O)NC(C)(CO)CO)c1. The highest BCUT2D eigenvalue weighted by atomic mass is 32.2. The van der Waals surface area contributed by atoms with Crippen LogP contribution in [0.5, 0.6) is 0 Å². The van der Waals surface area contributed by atoms with Gasteiger partial charge in [-0.1, -0.05) is 6.07 Å². The fourth-order valence-corrected chi connectivity index (χ4v) is 2.86. The van der Waals surface area contributed by atoms with Crippen molar-refractivity contribution in [3.8, 4) is 0 Å². The third kappa shape index (κ3) is 3.26. The molecule has 0 aromatic heterocycles. The first-order valence-electron chi connectivity index (χ1n) is 5.26. The van der Waals surface area contributed by atoms with E-state index >= 15 is 0 Å². The highest BCUT2D eigenvalue weighted by Crippen LogP contribution is 2.18. The van der Waals surface area contributed by atoms with Crippen molar-refractivity contribution in [3.05, 3.63) is 29.6 Å².